The monoisotopic (exact) mass is 204 g/mol. The molecule has 1 aromatic carbocycles. The van der Waals surface area contributed by atoms with Crippen molar-refractivity contribution in [3.63, 3.8) is 0 Å². The Morgan fingerprint density at radius 3 is 2.80 bits per heavy atom. The molecule has 0 saturated heterocycles. The van der Waals surface area contributed by atoms with Crippen LogP contribution in [0, 0.1) is 0 Å². The van der Waals surface area contributed by atoms with Gasteiger partial charge in [-0.1, -0.05) is 19.1 Å². The minimum absolute atomic E-state index is 0.160. The van der Waals surface area contributed by atoms with Crippen LogP contribution < -0.4 is 10.2 Å². The number of benzene rings is 1. The molecule has 0 radical (unpaired) electrons. The van der Waals surface area contributed by atoms with Gasteiger partial charge in [0.2, 0.25) is 0 Å². The maximum atomic E-state index is 3.64. The van der Waals surface area contributed by atoms with Gasteiger partial charge in [0.05, 0.1) is 11.4 Å². The molecule has 0 fully saturated rings. The summed E-state index contributed by atoms with van der Waals surface area (Å²) in [6.45, 7) is 7.75. The summed E-state index contributed by atoms with van der Waals surface area (Å²) < 4.78 is 0. The zero-order chi connectivity index (χ0) is 11.1. The average molecular weight is 204 g/mol. The van der Waals surface area contributed by atoms with Gasteiger partial charge in [-0.2, -0.15) is 0 Å². The van der Waals surface area contributed by atoms with Crippen molar-refractivity contribution in [2.75, 3.05) is 23.8 Å². The normalized spacial score (nSPS) is 18.3. The first kappa shape index (κ1) is 10.3. The van der Waals surface area contributed by atoms with Gasteiger partial charge in [-0.25, -0.2) is 0 Å². The van der Waals surface area contributed by atoms with Gasteiger partial charge in [0, 0.05) is 19.1 Å². The first-order valence-corrected chi connectivity index (χ1v) is 5.65. The summed E-state index contributed by atoms with van der Waals surface area (Å²) in [7, 11) is 2.17. The van der Waals surface area contributed by atoms with Crippen molar-refractivity contribution in [2.24, 2.45) is 0 Å². The van der Waals surface area contributed by atoms with Crippen LogP contribution in [0.15, 0.2) is 18.2 Å². The number of aryl methyl sites for hydroxylation is 1. The second-order valence-electron chi connectivity index (χ2n) is 5.03. The van der Waals surface area contributed by atoms with Crippen molar-refractivity contribution in [3.05, 3.63) is 23.8 Å². The highest BCUT2D eigenvalue weighted by Crippen LogP contribution is 2.36. The molecule has 2 nitrogen and oxygen atoms in total. The van der Waals surface area contributed by atoms with E-state index in [0.29, 0.717) is 0 Å². The smallest absolute Gasteiger partial charge is 0.0615 e. The third-order valence-electron chi connectivity index (χ3n) is 3.02. The van der Waals surface area contributed by atoms with Crippen molar-refractivity contribution in [3.8, 4) is 0 Å². The van der Waals surface area contributed by atoms with Crippen LogP contribution in [0.2, 0.25) is 0 Å². The molecule has 1 heterocycles. The summed E-state index contributed by atoms with van der Waals surface area (Å²) in [5.41, 5.74) is 4.21. The van der Waals surface area contributed by atoms with Gasteiger partial charge in [0.15, 0.2) is 0 Å². The van der Waals surface area contributed by atoms with E-state index in [4.69, 9.17) is 0 Å². The fourth-order valence-corrected chi connectivity index (χ4v) is 2.40. The maximum Gasteiger partial charge on any atom is 0.0615 e. The van der Waals surface area contributed by atoms with Gasteiger partial charge >= 0.3 is 0 Å². The van der Waals surface area contributed by atoms with Crippen LogP contribution in [0.4, 0.5) is 11.4 Å². The van der Waals surface area contributed by atoms with Crippen LogP contribution in [-0.4, -0.2) is 19.1 Å². The molecule has 0 spiro atoms. The maximum absolute atomic E-state index is 3.64. The Hall–Kier alpha value is -1.18. The number of rotatable bonds is 1. The van der Waals surface area contributed by atoms with Gasteiger partial charge in [0.1, 0.15) is 0 Å². The molecule has 1 aromatic rings. The fraction of sp³-hybridized carbons (Fsp3) is 0.538. The van der Waals surface area contributed by atoms with Gasteiger partial charge in [-0.15, -0.1) is 0 Å². The van der Waals surface area contributed by atoms with E-state index < -0.39 is 0 Å². The lowest BCUT2D eigenvalue weighted by Gasteiger charge is -2.41. The van der Waals surface area contributed by atoms with Crippen LogP contribution in [0.1, 0.15) is 26.3 Å². The highest BCUT2D eigenvalue weighted by atomic mass is 15.2. The van der Waals surface area contributed by atoms with Crippen LogP contribution in [0.5, 0.6) is 0 Å². The SMILES string of the molecule is CCc1cccc2c1NC(C)(C)CN2C. The number of fused-ring (bicyclic) bond motifs is 1. The predicted molar refractivity (Wildman–Crippen MR) is 66.8 cm³/mol. The molecule has 2 heteroatoms. The van der Waals surface area contributed by atoms with Crippen molar-refractivity contribution in [1.29, 1.82) is 0 Å². The number of likely N-dealkylation sites (N-methyl/N-ethyl adjacent to an activating group) is 1. The van der Waals surface area contributed by atoms with Gasteiger partial charge in [-0.3, -0.25) is 0 Å². The van der Waals surface area contributed by atoms with E-state index in [1.807, 2.05) is 0 Å². The van der Waals surface area contributed by atoms with Gasteiger partial charge in [-0.05, 0) is 31.9 Å². The third-order valence-corrected chi connectivity index (χ3v) is 3.02. The van der Waals surface area contributed by atoms with Crippen LogP contribution in [0.3, 0.4) is 0 Å². The van der Waals surface area contributed by atoms with Crippen LogP contribution in [0.25, 0.3) is 0 Å². The van der Waals surface area contributed by atoms with E-state index in [1.54, 1.807) is 0 Å². The molecule has 1 N–H and O–H groups in total. The number of nitrogens with zero attached hydrogens (tertiary/aromatic N) is 1. The van der Waals surface area contributed by atoms with Crippen LogP contribution >= 0.6 is 0 Å². The first-order valence-electron chi connectivity index (χ1n) is 5.65. The molecule has 0 unspecified atom stereocenters. The zero-order valence-corrected chi connectivity index (χ0v) is 10.1. The van der Waals surface area contributed by atoms with E-state index in [0.717, 1.165) is 13.0 Å². The Morgan fingerprint density at radius 2 is 2.13 bits per heavy atom. The Bertz CT molecular complexity index is 369. The zero-order valence-electron chi connectivity index (χ0n) is 10.1. The minimum Gasteiger partial charge on any atom is -0.376 e. The van der Waals surface area contributed by atoms with Gasteiger partial charge in [0.25, 0.3) is 0 Å². The number of hydrogen-bond acceptors (Lipinski definition) is 2. The van der Waals surface area contributed by atoms with Crippen molar-refractivity contribution >= 4 is 11.4 Å². The molecular formula is C13H20N2. The summed E-state index contributed by atoms with van der Waals surface area (Å²) in [6, 6.07) is 6.55. The number of hydrogen-bond donors (Lipinski definition) is 1. The number of para-hydroxylation sites is 1. The molecule has 0 aliphatic carbocycles. The van der Waals surface area contributed by atoms with E-state index in [1.165, 1.54) is 16.9 Å². The third kappa shape index (κ3) is 1.81. The molecule has 0 bridgehead atoms. The Labute approximate surface area is 92.3 Å². The average Bonchev–Trinajstić information content (AvgIpc) is 2.15. The van der Waals surface area contributed by atoms with Crippen molar-refractivity contribution in [1.82, 2.24) is 0 Å². The van der Waals surface area contributed by atoms with E-state index in [9.17, 15) is 0 Å². The number of nitrogens with one attached hydrogen (secondary N) is 1. The lowest BCUT2D eigenvalue weighted by atomic mass is 9.97. The molecule has 0 atom stereocenters. The largest absolute Gasteiger partial charge is 0.376 e. The molecule has 2 rings (SSSR count). The Kier molecular flexibility index (Phi) is 2.37. The lowest BCUT2D eigenvalue weighted by molar-refractivity contribution is 0.549. The molecule has 82 valence electrons. The fourth-order valence-electron chi connectivity index (χ4n) is 2.40. The topological polar surface area (TPSA) is 15.3 Å². The first-order chi connectivity index (χ1) is 7.03. The summed E-state index contributed by atoms with van der Waals surface area (Å²) in [4.78, 5) is 2.34. The number of anilines is 2. The highest BCUT2D eigenvalue weighted by Gasteiger charge is 2.28. The minimum atomic E-state index is 0.160. The summed E-state index contributed by atoms with van der Waals surface area (Å²) in [6.07, 6.45) is 1.08. The standard InChI is InChI=1S/C13H20N2/c1-5-10-7-6-8-11-12(10)14-13(2,3)9-15(11)4/h6-8,14H,5,9H2,1-4H3. The summed E-state index contributed by atoms with van der Waals surface area (Å²) in [5.74, 6) is 0. The van der Waals surface area contributed by atoms with Crippen LogP contribution in [-0.2, 0) is 6.42 Å². The van der Waals surface area contributed by atoms with Gasteiger partial charge < -0.3 is 10.2 Å². The second kappa shape index (κ2) is 3.44. The lowest BCUT2D eigenvalue weighted by Crippen LogP contribution is -2.47. The molecule has 0 amide bonds. The second-order valence-corrected chi connectivity index (χ2v) is 5.03. The molecule has 0 aromatic heterocycles. The molecule has 1 aliphatic heterocycles. The van der Waals surface area contributed by atoms with Crippen molar-refractivity contribution < 1.29 is 0 Å². The molecule has 1 aliphatic rings. The quantitative estimate of drug-likeness (QED) is 0.756. The molecule has 15 heavy (non-hydrogen) atoms. The van der Waals surface area contributed by atoms with E-state index in [-0.39, 0.29) is 5.54 Å². The highest BCUT2D eigenvalue weighted by molar-refractivity contribution is 5.76. The van der Waals surface area contributed by atoms with E-state index >= 15 is 0 Å². The summed E-state index contributed by atoms with van der Waals surface area (Å²) in [5, 5.41) is 3.64. The van der Waals surface area contributed by atoms with E-state index in [2.05, 4.69) is 56.2 Å². The Balaban J connectivity index is 2.50. The summed E-state index contributed by atoms with van der Waals surface area (Å²) >= 11 is 0. The molecular weight excluding hydrogens is 184 g/mol. The van der Waals surface area contributed by atoms with Crippen molar-refractivity contribution in [2.45, 2.75) is 32.7 Å². The molecule has 0 saturated carbocycles. The Morgan fingerprint density at radius 1 is 1.40 bits per heavy atom. The predicted octanol–water partition coefficient (Wildman–Crippen LogP) is 2.89.